The van der Waals surface area contributed by atoms with Crippen LogP contribution in [0.4, 0.5) is 13.2 Å². The second-order valence-corrected chi connectivity index (χ2v) is 6.78. The number of halogens is 4. The third kappa shape index (κ3) is 4.54. The van der Waals surface area contributed by atoms with E-state index in [2.05, 4.69) is 10.2 Å². The summed E-state index contributed by atoms with van der Waals surface area (Å²) in [6.45, 7) is 0.676. The van der Waals surface area contributed by atoms with Gasteiger partial charge in [0.2, 0.25) is 0 Å². The molecule has 0 aliphatic carbocycles. The average Bonchev–Trinajstić information content (AvgIpc) is 3.05. The molecule has 0 bridgehead atoms. The maximum atomic E-state index is 12.4. The SMILES string of the molecule is O[C@H](CN1CCC(c2cc(-c3ccc(Cl)cc3)n[nH]2)CC1)C(F)(F)F. The quantitative estimate of drug-likeness (QED) is 0.856. The molecule has 1 aromatic carbocycles. The van der Waals surface area contributed by atoms with Gasteiger partial charge in [-0.1, -0.05) is 23.7 Å². The normalized spacial score (nSPS) is 18.4. The van der Waals surface area contributed by atoms with Gasteiger partial charge in [0.1, 0.15) is 0 Å². The highest BCUT2D eigenvalue weighted by atomic mass is 35.5. The van der Waals surface area contributed by atoms with Crippen molar-refractivity contribution in [1.29, 1.82) is 0 Å². The van der Waals surface area contributed by atoms with Gasteiger partial charge in [-0.15, -0.1) is 0 Å². The Labute approximate surface area is 148 Å². The number of β-amino-alcohol motifs (C(OH)–C–C–N with tert-alkyl or cyclic N) is 1. The van der Waals surface area contributed by atoms with Gasteiger partial charge in [-0.05, 0) is 44.1 Å². The van der Waals surface area contributed by atoms with Gasteiger partial charge in [0.15, 0.2) is 6.10 Å². The van der Waals surface area contributed by atoms with E-state index >= 15 is 0 Å². The molecule has 4 nitrogen and oxygen atoms in total. The van der Waals surface area contributed by atoms with E-state index in [1.54, 1.807) is 17.0 Å². The molecule has 0 radical (unpaired) electrons. The molecule has 8 heteroatoms. The van der Waals surface area contributed by atoms with Gasteiger partial charge in [0.25, 0.3) is 0 Å². The first-order valence-electron chi connectivity index (χ1n) is 8.11. The van der Waals surface area contributed by atoms with Gasteiger partial charge >= 0.3 is 6.18 Å². The van der Waals surface area contributed by atoms with E-state index in [0.29, 0.717) is 18.1 Å². The van der Waals surface area contributed by atoms with Gasteiger partial charge in [-0.2, -0.15) is 18.3 Å². The molecule has 3 rings (SSSR count). The van der Waals surface area contributed by atoms with Crippen molar-refractivity contribution in [1.82, 2.24) is 15.1 Å². The first kappa shape index (κ1) is 18.2. The van der Waals surface area contributed by atoms with E-state index in [0.717, 1.165) is 29.8 Å². The van der Waals surface area contributed by atoms with Gasteiger partial charge < -0.3 is 10.0 Å². The summed E-state index contributed by atoms with van der Waals surface area (Å²) in [5.41, 5.74) is 2.76. The Morgan fingerprint density at radius 3 is 2.48 bits per heavy atom. The first-order valence-corrected chi connectivity index (χ1v) is 8.49. The Balaban J connectivity index is 1.58. The highest BCUT2D eigenvalue weighted by Gasteiger charge is 2.39. The van der Waals surface area contributed by atoms with Crippen molar-refractivity contribution in [2.45, 2.75) is 31.0 Å². The lowest BCUT2D eigenvalue weighted by Crippen LogP contribution is -2.44. The van der Waals surface area contributed by atoms with Crippen molar-refractivity contribution in [3.05, 3.63) is 41.0 Å². The van der Waals surface area contributed by atoms with Crippen LogP contribution in [0, 0.1) is 0 Å². The van der Waals surface area contributed by atoms with E-state index in [4.69, 9.17) is 11.6 Å². The van der Waals surface area contributed by atoms with E-state index in [9.17, 15) is 18.3 Å². The molecule has 2 heterocycles. The molecule has 1 aromatic heterocycles. The molecular weight excluding hydrogens is 355 g/mol. The molecule has 0 amide bonds. The smallest absolute Gasteiger partial charge is 0.382 e. The predicted octanol–water partition coefficient (Wildman–Crippen LogP) is 3.83. The van der Waals surface area contributed by atoms with Crippen LogP contribution >= 0.6 is 11.6 Å². The molecule has 2 aromatic rings. The largest absolute Gasteiger partial charge is 0.415 e. The summed E-state index contributed by atoms with van der Waals surface area (Å²) in [6.07, 6.45) is -5.39. The summed E-state index contributed by atoms with van der Waals surface area (Å²) >= 11 is 5.88. The Hall–Kier alpha value is -1.57. The van der Waals surface area contributed by atoms with E-state index in [-0.39, 0.29) is 12.5 Å². The number of aliphatic hydroxyl groups is 1. The molecule has 0 spiro atoms. The molecule has 0 unspecified atom stereocenters. The topological polar surface area (TPSA) is 52.1 Å². The maximum absolute atomic E-state index is 12.4. The standard InChI is InChI=1S/C17H19ClF3N3O/c18-13-3-1-11(2-4-13)14-9-15(23-22-14)12-5-7-24(8-6-12)10-16(25)17(19,20)21/h1-4,9,12,16,25H,5-8,10H2,(H,22,23)/t16-/m1/s1. The number of hydrogen-bond donors (Lipinski definition) is 2. The zero-order valence-electron chi connectivity index (χ0n) is 13.4. The van der Waals surface area contributed by atoms with Crippen molar-refractivity contribution in [3.63, 3.8) is 0 Å². The summed E-state index contributed by atoms with van der Waals surface area (Å²) in [5.74, 6) is 0.229. The van der Waals surface area contributed by atoms with Gasteiger partial charge in [-0.25, -0.2) is 0 Å². The fourth-order valence-corrected chi connectivity index (χ4v) is 3.21. The number of H-pyrrole nitrogens is 1. The number of aliphatic hydroxyl groups excluding tert-OH is 1. The van der Waals surface area contributed by atoms with Crippen LogP contribution < -0.4 is 0 Å². The van der Waals surface area contributed by atoms with E-state index in [1.807, 2.05) is 18.2 Å². The summed E-state index contributed by atoms with van der Waals surface area (Å²) in [7, 11) is 0. The molecule has 1 fully saturated rings. The van der Waals surface area contributed by atoms with Crippen molar-refractivity contribution in [2.24, 2.45) is 0 Å². The van der Waals surface area contributed by atoms with Gasteiger partial charge in [0, 0.05) is 28.7 Å². The number of benzene rings is 1. The fraction of sp³-hybridized carbons (Fsp3) is 0.471. The Morgan fingerprint density at radius 1 is 1.24 bits per heavy atom. The highest BCUT2D eigenvalue weighted by Crippen LogP contribution is 2.30. The Morgan fingerprint density at radius 2 is 1.88 bits per heavy atom. The molecule has 1 atom stereocenters. The van der Waals surface area contributed by atoms with Crippen LogP contribution in [0.25, 0.3) is 11.3 Å². The lowest BCUT2D eigenvalue weighted by molar-refractivity contribution is -0.208. The van der Waals surface area contributed by atoms with Crippen molar-refractivity contribution in [3.8, 4) is 11.3 Å². The first-order chi connectivity index (χ1) is 11.8. The number of likely N-dealkylation sites (tertiary alicyclic amines) is 1. The molecular formula is C17H19ClF3N3O. The van der Waals surface area contributed by atoms with Crippen LogP contribution in [0.5, 0.6) is 0 Å². The van der Waals surface area contributed by atoms with Gasteiger partial charge in [0.05, 0.1) is 5.69 Å². The van der Waals surface area contributed by atoms with Crippen LogP contribution in [0.1, 0.15) is 24.5 Å². The summed E-state index contributed by atoms with van der Waals surface area (Å²) in [6, 6.07) is 9.37. The minimum atomic E-state index is -4.56. The van der Waals surface area contributed by atoms with Crippen molar-refractivity contribution >= 4 is 11.6 Å². The van der Waals surface area contributed by atoms with Crippen molar-refractivity contribution < 1.29 is 18.3 Å². The minimum absolute atomic E-state index is 0.229. The second kappa shape index (κ2) is 7.35. The number of aromatic amines is 1. The summed E-state index contributed by atoms with van der Waals surface area (Å²) in [4.78, 5) is 1.66. The fourth-order valence-electron chi connectivity index (χ4n) is 3.09. The number of aromatic nitrogens is 2. The minimum Gasteiger partial charge on any atom is -0.382 e. The van der Waals surface area contributed by atoms with Crippen LogP contribution in [0.3, 0.4) is 0 Å². The van der Waals surface area contributed by atoms with E-state index in [1.165, 1.54) is 0 Å². The predicted molar refractivity (Wildman–Crippen MR) is 89.5 cm³/mol. The summed E-state index contributed by atoms with van der Waals surface area (Å²) < 4.78 is 37.3. The van der Waals surface area contributed by atoms with Crippen LogP contribution in [0.2, 0.25) is 5.02 Å². The zero-order valence-corrected chi connectivity index (χ0v) is 14.2. The zero-order chi connectivity index (χ0) is 18.0. The molecule has 2 N–H and O–H groups in total. The van der Waals surface area contributed by atoms with E-state index < -0.39 is 12.3 Å². The third-order valence-corrected chi connectivity index (χ3v) is 4.83. The van der Waals surface area contributed by atoms with Crippen LogP contribution in [-0.4, -0.2) is 52.1 Å². The Kier molecular flexibility index (Phi) is 5.36. The molecule has 1 saturated heterocycles. The number of alkyl halides is 3. The number of nitrogens with one attached hydrogen (secondary N) is 1. The number of nitrogens with zero attached hydrogens (tertiary/aromatic N) is 2. The average molecular weight is 374 g/mol. The summed E-state index contributed by atoms with van der Waals surface area (Å²) in [5, 5.41) is 17.2. The lowest BCUT2D eigenvalue weighted by Gasteiger charge is -2.33. The molecule has 1 aliphatic rings. The number of hydrogen-bond acceptors (Lipinski definition) is 3. The van der Waals surface area contributed by atoms with Crippen LogP contribution in [0.15, 0.2) is 30.3 Å². The highest BCUT2D eigenvalue weighted by molar-refractivity contribution is 6.30. The molecule has 1 aliphatic heterocycles. The monoisotopic (exact) mass is 373 g/mol. The number of piperidine rings is 1. The lowest BCUT2D eigenvalue weighted by atomic mass is 9.93. The van der Waals surface area contributed by atoms with Gasteiger partial charge in [-0.3, -0.25) is 5.10 Å². The maximum Gasteiger partial charge on any atom is 0.415 e. The Bertz CT molecular complexity index is 694. The van der Waals surface area contributed by atoms with Crippen LogP contribution in [-0.2, 0) is 0 Å². The molecule has 0 saturated carbocycles. The van der Waals surface area contributed by atoms with Crippen molar-refractivity contribution in [2.75, 3.05) is 19.6 Å². The molecule has 25 heavy (non-hydrogen) atoms. The number of rotatable bonds is 4. The molecule has 136 valence electrons. The second-order valence-electron chi connectivity index (χ2n) is 6.35. The third-order valence-electron chi connectivity index (χ3n) is 4.57.